The van der Waals surface area contributed by atoms with E-state index in [4.69, 9.17) is 0 Å². The molecule has 0 fully saturated rings. The van der Waals surface area contributed by atoms with Gasteiger partial charge in [-0.1, -0.05) is 30.3 Å². The summed E-state index contributed by atoms with van der Waals surface area (Å²) in [6.45, 7) is 0.881. The molecule has 0 radical (unpaired) electrons. The maximum Gasteiger partial charge on any atom is 0.243 e. The Hall–Kier alpha value is -2.90. The molecule has 0 unspecified atom stereocenters. The fraction of sp³-hybridized carbons (Fsp3) is 0.375. The Labute approximate surface area is 140 Å². The highest BCUT2D eigenvalue weighted by atomic mass is 16.2. The third kappa shape index (κ3) is 7.39. The zero-order chi connectivity index (χ0) is 17.9. The van der Waals surface area contributed by atoms with Crippen LogP contribution in [0, 0.1) is 0 Å². The van der Waals surface area contributed by atoms with Crippen molar-refractivity contribution in [3.05, 3.63) is 35.9 Å². The highest BCUT2D eigenvalue weighted by Crippen LogP contribution is 2.03. The Morgan fingerprint density at radius 3 is 2.17 bits per heavy atom. The zero-order valence-electron chi connectivity index (χ0n) is 13.7. The van der Waals surface area contributed by atoms with Crippen molar-refractivity contribution in [1.82, 2.24) is 21.3 Å². The summed E-state index contributed by atoms with van der Waals surface area (Å²) in [5.74, 6) is -1.64. The molecule has 0 spiro atoms. The van der Waals surface area contributed by atoms with Gasteiger partial charge < -0.3 is 21.3 Å². The van der Waals surface area contributed by atoms with Crippen molar-refractivity contribution in [2.24, 2.45) is 0 Å². The van der Waals surface area contributed by atoms with Gasteiger partial charge in [0.15, 0.2) is 0 Å². The van der Waals surface area contributed by atoms with Gasteiger partial charge in [-0.15, -0.1) is 0 Å². The zero-order valence-corrected chi connectivity index (χ0v) is 13.7. The van der Waals surface area contributed by atoms with E-state index in [0.717, 1.165) is 5.56 Å². The number of amides is 4. The summed E-state index contributed by atoms with van der Waals surface area (Å²) in [5, 5.41) is 9.75. The predicted octanol–water partition coefficient (Wildman–Crippen LogP) is -1.29. The Morgan fingerprint density at radius 2 is 1.58 bits per heavy atom. The van der Waals surface area contributed by atoms with E-state index in [1.165, 1.54) is 14.0 Å². The quantitative estimate of drug-likeness (QED) is 0.473. The number of rotatable bonds is 8. The smallest absolute Gasteiger partial charge is 0.243 e. The van der Waals surface area contributed by atoms with Crippen LogP contribution in [-0.2, 0) is 25.6 Å². The Balaban J connectivity index is 2.53. The van der Waals surface area contributed by atoms with Crippen molar-refractivity contribution >= 4 is 23.6 Å². The minimum atomic E-state index is -0.781. The SMILES string of the molecule is CNC(=O)CNC(=O)CNC(=O)[C@H](Cc1ccccc1)NC(C)=O. The molecule has 4 amide bonds. The van der Waals surface area contributed by atoms with Crippen molar-refractivity contribution in [3.63, 3.8) is 0 Å². The summed E-state index contributed by atoms with van der Waals surface area (Å²) in [7, 11) is 1.46. The standard InChI is InChI=1S/C16H22N4O4/c1-11(21)20-13(8-12-6-4-3-5-7-12)16(24)19-10-15(23)18-9-14(22)17-2/h3-7,13H,8-10H2,1-2H3,(H,17,22)(H,18,23)(H,19,24)(H,20,21)/t13-/m0/s1. The van der Waals surface area contributed by atoms with Gasteiger partial charge in [0.25, 0.3) is 0 Å². The first-order valence-electron chi connectivity index (χ1n) is 7.48. The molecule has 0 aliphatic carbocycles. The van der Waals surface area contributed by atoms with E-state index in [1.807, 2.05) is 30.3 Å². The van der Waals surface area contributed by atoms with Crippen LogP contribution in [0.25, 0.3) is 0 Å². The fourth-order valence-electron chi connectivity index (χ4n) is 1.92. The lowest BCUT2D eigenvalue weighted by molar-refractivity contribution is -0.130. The van der Waals surface area contributed by atoms with Crippen LogP contribution in [-0.4, -0.2) is 49.8 Å². The van der Waals surface area contributed by atoms with E-state index in [1.54, 1.807) is 0 Å². The van der Waals surface area contributed by atoms with Crippen LogP contribution in [0.15, 0.2) is 30.3 Å². The van der Waals surface area contributed by atoms with E-state index < -0.39 is 17.9 Å². The summed E-state index contributed by atoms with van der Waals surface area (Å²) in [4.78, 5) is 46.1. The van der Waals surface area contributed by atoms with E-state index in [0.29, 0.717) is 6.42 Å². The second-order valence-corrected chi connectivity index (χ2v) is 5.11. The summed E-state index contributed by atoms with van der Waals surface area (Å²) < 4.78 is 0. The van der Waals surface area contributed by atoms with Crippen LogP contribution in [0.5, 0.6) is 0 Å². The van der Waals surface area contributed by atoms with Crippen molar-refractivity contribution in [3.8, 4) is 0 Å². The minimum absolute atomic E-state index is 0.162. The molecule has 0 saturated heterocycles. The van der Waals surface area contributed by atoms with Gasteiger partial charge in [0.2, 0.25) is 23.6 Å². The summed E-state index contributed by atoms with van der Waals surface area (Å²) in [6.07, 6.45) is 0.312. The molecule has 0 bridgehead atoms. The number of carbonyl (C=O) groups excluding carboxylic acids is 4. The summed E-state index contributed by atoms with van der Waals surface area (Å²) in [6, 6.07) is 8.44. The molecule has 24 heavy (non-hydrogen) atoms. The van der Waals surface area contributed by atoms with Gasteiger partial charge in [0.05, 0.1) is 13.1 Å². The number of hydrogen-bond donors (Lipinski definition) is 4. The van der Waals surface area contributed by atoms with E-state index in [-0.39, 0.29) is 24.9 Å². The second-order valence-electron chi connectivity index (χ2n) is 5.11. The first kappa shape index (κ1) is 19.1. The third-order valence-corrected chi connectivity index (χ3v) is 3.12. The minimum Gasteiger partial charge on any atom is -0.358 e. The Bertz CT molecular complexity index is 589. The van der Waals surface area contributed by atoms with Crippen LogP contribution in [0.2, 0.25) is 0 Å². The van der Waals surface area contributed by atoms with Crippen molar-refractivity contribution < 1.29 is 19.2 Å². The van der Waals surface area contributed by atoms with Crippen LogP contribution in [0.3, 0.4) is 0 Å². The Morgan fingerprint density at radius 1 is 0.958 bits per heavy atom. The second kappa shape index (κ2) is 9.98. The molecule has 1 rings (SSSR count). The average Bonchev–Trinajstić information content (AvgIpc) is 2.57. The normalized spacial score (nSPS) is 11.1. The lowest BCUT2D eigenvalue weighted by atomic mass is 10.1. The topological polar surface area (TPSA) is 116 Å². The number of benzene rings is 1. The van der Waals surface area contributed by atoms with E-state index in [2.05, 4.69) is 21.3 Å². The van der Waals surface area contributed by atoms with Gasteiger partial charge in [-0.3, -0.25) is 19.2 Å². The van der Waals surface area contributed by atoms with Crippen LogP contribution in [0.4, 0.5) is 0 Å². The highest BCUT2D eigenvalue weighted by Gasteiger charge is 2.20. The predicted molar refractivity (Wildman–Crippen MR) is 87.8 cm³/mol. The molecule has 0 heterocycles. The number of likely N-dealkylation sites (N-methyl/N-ethyl adjacent to an activating group) is 1. The molecule has 4 N–H and O–H groups in total. The number of nitrogens with one attached hydrogen (secondary N) is 4. The molecule has 130 valence electrons. The van der Waals surface area contributed by atoms with E-state index >= 15 is 0 Å². The lowest BCUT2D eigenvalue weighted by Gasteiger charge is -2.17. The van der Waals surface area contributed by atoms with Gasteiger partial charge in [0.1, 0.15) is 6.04 Å². The molecule has 0 aliphatic rings. The molecule has 1 atom stereocenters. The van der Waals surface area contributed by atoms with Gasteiger partial charge >= 0.3 is 0 Å². The van der Waals surface area contributed by atoms with Crippen molar-refractivity contribution in [2.75, 3.05) is 20.1 Å². The van der Waals surface area contributed by atoms with Gasteiger partial charge in [0, 0.05) is 20.4 Å². The molecular formula is C16H22N4O4. The fourth-order valence-corrected chi connectivity index (χ4v) is 1.92. The Kier molecular flexibility index (Phi) is 7.97. The largest absolute Gasteiger partial charge is 0.358 e. The first-order valence-corrected chi connectivity index (χ1v) is 7.48. The van der Waals surface area contributed by atoms with Crippen LogP contribution < -0.4 is 21.3 Å². The molecule has 1 aromatic rings. The van der Waals surface area contributed by atoms with Crippen LogP contribution in [0.1, 0.15) is 12.5 Å². The average molecular weight is 334 g/mol. The maximum atomic E-state index is 12.2. The molecule has 8 nitrogen and oxygen atoms in total. The van der Waals surface area contributed by atoms with E-state index in [9.17, 15) is 19.2 Å². The van der Waals surface area contributed by atoms with Gasteiger partial charge in [-0.2, -0.15) is 0 Å². The van der Waals surface area contributed by atoms with Gasteiger partial charge in [-0.05, 0) is 5.56 Å². The molecule has 0 saturated carbocycles. The summed E-state index contributed by atoms with van der Waals surface area (Å²) in [5.41, 5.74) is 0.885. The highest BCUT2D eigenvalue weighted by molar-refractivity contribution is 5.91. The third-order valence-electron chi connectivity index (χ3n) is 3.12. The molecule has 0 aromatic heterocycles. The monoisotopic (exact) mass is 334 g/mol. The van der Waals surface area contributed by atoms with Gasteiger partial charge in [-0.25, -0.2) is 0 Å². The summed E-state index contributed by atoms with van der Waals surface area (Å²) >= 11 is 0. The molecule has 8 heteroatoms. The molecular weight excluding hydrogens is 312 g/mol. The first-order chi connectivity index (χ1) is 11.4. The van der Waals surface area contributed by atoms with Crippen molar-refractivity contribution in [2.45, 2.75) is 19.4 Å². The van der Waals surface area contributed by atoms with Crippen molar-refractivity contribution in [1.29, 1.82) is 0 Å². The molecule has 0 aliphatic heterocycles. The number of hydrogen-bond acceptors (Lipinski definition) is 4. The number of carbonyl (C=O) groups is 4. The maximum absolute atomic E-state index is 12.2. The lowest BCUT2D eigenvalue weighted by Crippen LogP contribution is -2.50. The van der Waals surface area contributed by atoms with Crippen LogP contribution >= 0.6 is 0 Å². The molecule has 1 aromatic carbocycles.